The Kier molecular flexibility index (Phi) is 3.79. The molecule has 0 atom stereocenters. The van der Waals surface area contributed by atoms with E-state index in [4.69, 9.17) is 0 Å². The number of sulfonamides is 1. The van der Waals surface area contributed by atoms with Crippen LogP contribution in [0.25, 0.3) is 0 Å². The summed E-state index contributed by atoms with van der Waals surface area (Å²) in [5.41, 5.74) is 2.70. The Morgan fingerprint density at radius 1 is 1.19 bits per heavy atom. The molecule has 1 aromatic carbocycles. The highest BCUT2D eigenvalue weighted by Gasteiger charge is 2.29. The minimum atomic E-state index is -3.65. The lowest BCUT2D eigenvalue weighted by Gasteiger charge is -2.19. The number of nitrogens with one attached hydrogen (secondary N) is 1. The van der Waals surface area contributed by atoms with Gasteiger partial charge in [-0.05, 0) is 24.0 Å². The lowest BCUT2D eigenvalue weighted by molar-refractivity contribution is 0.278. The molecule has 0 aliphatic carbocycles. The van der Waals surface area contributed by atoms with Crippen LogP contribution >= 0.6 is 0 Å². The number of rotatable bonds is 3. The number of aliphatic hydroxyl groups is 1. The Morgan fingerprint density at radius 2 is 1.81 bits per heavy atom. The second-order valence-electron chi connectivity index (χ2n) is 5.06. The first-order valence-electron chi connectivity index (χ1n) is 6.83. The second kappa shape index (κ2) is 5.59. The van der Waals surface area contributed by atoms with Gasteiger partial charge in [0.1, 0.15) is 0 Å². The van der Waals surface area contributed by atoms with Gasteiger partial charge in [0, 0.05) is 18.7 Å². The Balaban J connectivity index is 1.89. The number of aliphatic hydroxyl groups excluding tert-OH is 1. The van der Waals surface area contributed by atoms with Crippen molar-refractivity contribution in [2.45, 2.75) is 24.5 Å². The number of nitrogens with zero attached hydrogens (tertiary/aromatic N) is 2. The normalized spacial score (nSPS) is 16.4. The summed E-state index contributed by atoms with van der Waals surface area (Å²) >= 11 is 0. The monoisotopic (exact) mass is 307 g/mol. The Hall–Kier alpha value is -1.70. The van der Waals surface area contributed by atoms with Gasteiger partial charge in [-0.3, -0.25) is 5.10 Å². The molecule has 0 spiro atoms. The van der Waals surface area contributed by atoms with Gasteiger partial charge in [-0.1, -0.05) is 24.3 Å². The molecule has 2 aromatic rings. The third kappa shape index (κ3) is 2.59. The SMILES string of the molecule is O=S(=O)(c1[nH]ncc1CO)N1CCc2ccccc2CC1. The van der Waals surface area contributed by atoms with Gasteiger partial charge in [-0.15, -0.1) is 0 Å². The zero-order valence-electron chi connectivity index (χ0n) is 11.5. The largest absolute Gasteiger partial charge is 0.392 e. The van der Waals surface area contributed by atoms with Crippen LogP contribution in [0.4, 0.5) is 0 Å². The van der Waals surface area contributed by atoms with E-state index in [0.717, 1.165) is 0 Å². The standard InChI is InChI=1S/C14H17N3O3S/c18-10-13-9-15-16-14(13)21(19,20)17-7-5-11-3-1-2-4-12(11)6-8-17/h1-4,9,18H,5-8,10H2,(H,15,16). The van der Waals surface area contributed by atoms with Gasteiger partial charge in [-0.25, -0.2) is 8.42 Å². The average molecular weight is 307 g/mol. The summed E-state index contributed by atoms with van der Waals surface area (Å²) in [6.07, 6.45) is 2.73. The van der Waals surface area contributed by atoms with Crippen molar-refractivity contribution in [3.63, 3.8) is 0 Å². The van der Waals surface area contributed by atoms with Crippen LogP contribution in [-0.4, -0.2) is 41.1 Å². The van der Waals surface area contributed by atoms with Gasteiger partial charge in [-0.2, -0.15) is 9.40 Å². The van der Waals surface area contributed by atoms with Crippen LogP contribution < -0.4 is 0 Å². The van der Waals surface area contributed by atoms with E-state index < -0.39 is 10.0 Å². The molecule has 2 heterocycles. The third-order valence-electron chi connectivity index (χ3n) is 3.83. The van der Waals surface area contributed by atoms with Crippen LogP contribution in [0, 0.1) is 0 Å². The van der Waals surface area contributed by atoms with Crippen molar-refractivity contribution in [1.29, 1.82) is 0 Å². The molecule has 21 heavy (non-hydrogen) atoms. The Morgan fingerprint density at radius 3 is 2.38 bits per heavy atom. The highest BCUT2D eigenvalue weighted by molar-refractivity contribution is 7.89. The van der Waals surface area contributed by atoms with Gasteiger partial charge < -0.3 is 5.11 Å². The van der Waals surface area contributed by atoms with E-state index in [1.807, 2.05) is 24.3 Å². The molecule has 6 nitrogen and oxygen atoms in total. The molecule has 0 amide bonds. The van der Waals surface area contributed by atoms with E-state index in [0.29, 0.717) is 31.5 Å². The average Bonchev–Trinajstić information content (AvgIpc) is 2.87. The molecule has 1 aromatic heterocycles. The van der Waals surface area contributed by atoms with Crippen LogP contribution in [0.2, 0.25) is 0 Å². The number of hydrogen-bond donors (Lipinski definition) is 2. The van der Waals surface area contributed by atoms with Crippen molar-refractivity contribution in [3.8, 4) is 0 Å². The van der Waals surface area contributed by atoms with E-state index in [1.54, 1.807) is 0 Å². The number of aromatic nitrogens is 2. The molecule has 1 aliphatic rings. The lowest BCUT2D eigenvalue weighted by atomic mass is 10.0. The minimum Gasteiger partial charge on any atom is -0.392 e. The van der Waals surface area contributed by atoms with Gasteiger partial charge in [0.2, 0.25) is 0 Å². The molecule has 3 rings (SSSR count). The molecule has 112 valence electrons. The van der Waals surface area contributed by atoms with E-state index >= 15 is 0 Å². The van der Waals surface area contributed by atoms with Gasteiger partial charge in [0.05, 0.1) is 12.8 Å². The molecule has 0 radical (unpaired) electrons. The van der Waals surface area contributed by atoms with E-state index in [2.05, 4.69) is 10.2 Å². The fourth-order valence-corrected chi connectivity index (χ4v) is 4.19. The molecular weight excluding hydrogens is 290 g/mol. The number of H-pyrrole nitrogens is 1. The first-order valence-corrected chi connectivity index (χ1v) is 8.27. The van der Waals surface area contributed by atoms with E-state index in [-0.39, 0.29) is 11.6 Å². The zero-order valence-corrected chi connectivity index (χ0v) is 12.3. The molecule has 7 heteroatoms. The highest BCUT2D eigenvalue weighted by atomic mass is 32.2. The summed E-state index contributed by atoms with van der Waals surface area (Å²) in [4.78, 5) is 0. The topological polar surface area (TPSA) is 86.3 Å². The van der Waals surface area contributed by atoms with Crippen molar-refractivity contribution in [2.24, 2.45) is 0 Å². The molecule has 0 saturated carbocycles. The van der Waals surface area contributed by atoms with Crippen LogP contribution in [0.5, 0.6) is 0 Å². The van der Waals surface area contributed by atoms with Crippen molar-refractivity contribution < 1.29 is 13.5 Å². The second-order valence-corrected chi connectivity index (χ2v) is 6.93. The highest BCUT2D eigenvalue weighted by Crippen LogP contribution is 2.22. The van der Waals surface area contributed by atoms with Crippen LogP contribution in [0.1, 0.15) is 16.7 Å². The fourth-order valence-electron chi connectivity index (χ4n) is 2.65. The molecular formula is C14H17N3O3S. The van der Waals surface area contributed by atoms with Crippen molar-refractivity contribution in [2.75, 3.05) is 13.1 Å². The maximum Gasteiger partial charge on any atom is 0.260 e. The molecule has 0 unspecified atom stereocenters. The minimum absolute atomic E-state index is 0.00374. The van der Waals surface area contributed by atoms with E-state index in [9.17, 15) is 13.5 Å². The molecule has 1 aliphatic heterocycles. The summed E-state index contributed by atoms with van der Waals surface area (Å²) in [6.45, 7) is 0.519. The summed E-state index contributed by atoms with van der Waals surface area (Å²) in [6, 6.07) is 8.03. The third-order valence-corrected chi connectivity index (χ3v) is 5.74. The zero-order chi connectivity index (χ0) is 14.9. The number of fused-ring (bicyclic) bond motifs is 1. The Labute approximate surface area is 123 Å². The maximum atomic E-state index is 12.7. The Bertz CT molecular complexity index is 712. The first-order chi connectivity index (χ1) is 10.1. The van der Waals surface area contributed by atoms with Gasteiger partial charge >= 0.3 is 0 Å². The smallest absolute Gasteiger partial charge is 0.260 e. The summed E-state index contributed by atoms with van der Waals surface area (Å²) < 4.78 is 26.8. The number of aromatic amines is 1. The quantitative estimate of drug-likeness (QED) is 0.873. The van der Waals surface area contributed by atoms with Crippen molar-refractivity contribution >= 4 is 10.0 Å². The predicted molar refractivity (Wildman–Crippen MR) is 77.1 cm³/mol. The summed E-state index contributed by atoms with van der Waals surface area (Å²) in [5, 5.41) is 15.4. The van der Waals surface area contributed by atoms with Gasteiger partial charge in [0.25, 0.3) is 10.0 Å². The summed E-state index contributed by atoms with van der Waals surface area (Å²) in [7, 11) is -3.65. The predicted octanol–water partition coefficient (Wildman–Crippen LogP) is 0.691. The fraction of sp³-hybridized carbons (Fsp3) is 0.357. The maximum absolute atomic E-state index is 12.7. The summed E-state index contributed by atoms with van der Waals surface area (Å²) in [5.74, 6) is 0. The number of benzene rings is 1. The van der Waals surface area contributed by atoms with Crippen LogP contribution in [0.15, 0.2) is 35.5 Å². The number of hydrogen-bond acceptors (Lipinski definition) is 4. The lowest BCUT2D eigenvalue weighted by Crippen LogP contribution is -2.34. The van der Waals surface area contributed by atoms with Crippen LogP contribution in [0.3, 0.4) is 0 Å². The van der Waals surface area contributed by atoms with E-state index in [1.165, 1.54) is 21.6 Å². The van der Waals surface area contributed by atoms with Crippen molar-refractivity contribution in [3.05, 3.63) is 47.2 Å². The molecule has 0 fully saturated rings. The molecule has 0 bridgehead atoms. The molecule has 2 N–H and O–H groups in total. The van der Waals surface area contributed by atoms with Gasteiger partial charge in [0.15, 0.2) is 5.03 Å². The van der Waals surface area contributed by atoms with Crippen molar-refractivity contribution in [1.82, 2.24) is 14.5 Å². The van der Waals surface area contributed by atoms with Crippen LogP contribution in [-0.2, 0) is 29.5 Å². The molecule has 0 saturated heterocycles. The first kappa shape index (κ1) is 14.2.